The van der Waals surface area contributed by atoms with Crippen LogP contribution in [0.25, 0.3) is 0 Å². The van der Waals surface area contributed by atoms with Crippen molar-refractivity contribution in [2.75, 3.05) is 13.2 Å². The molecule has 0 saturated carbocycles. The lowest BCUT2D eigenvalue weighted by Gasteiger charge is -1.95. The summed E-state index contributed by atoms with van der Waals surface area (Å²) in [4.78, 5) is 21.8. The molecule has 0 aromatic rings. The molecule has 0 amide bonds. The van der Waals surface area contributed by atoms with Crippen LogP contribution in [0.2, 0.25) is 0 Å². The van der Waals surface area contributed by atoms with Gasteiger partial charge in [0.05, 0.1) is 16.0 Å². The summed E-state index contributed by atoms with van der Waals surface area (Å²) in [6, 6.07) is -1.57. The Labute approximate surface area is 74.0 Å². The fourth-order valence-corrected chi connectivity index (χ4v) is 0.436. The lowest BCUT2D eigenvalue weighted by atomic mass is 10.5. The first kappa shape index (κ1) is 7.34. The maximum atomic E-state index is 10.9. The Morgan fingerprint density at radius 3 is 1.75 bits per heavy atom. The Balaban J connectivity index is 4.57. The Bertz CT molecular complexity index is 234. The summed E-state index contributed by atoms with van der Waals surface area (Å²) in [5.74, 6) is -1.99. The van der Waals surface area contributed by atoms with Crippen molar-refractivity contribution >= 4 is 11.9 Å². The molecule has 68 valence electrons. The molecule has 0 saturated heterocycles. The highest BCUT2D eigenvalue weighted by Gasteiger charge is 1.97. The van der Waals surface area contributed by atoms with Gasteiger partial charge < -0.3 is 9.47 Å². The first-order valence-corrected chi connectivity index (χ1v) is 3.56. The van der Waals surface area contributed by atoms with Crippen LogP contribution in [0.3, 0.4) is 0 Å². The number of rotatable bonds is 4. The van der Waals surface area contributed by atoms with Crippen LogP contribution in [0.1, 0.15) is 16.6 Å². The molecule has 12 heavy (non-hydrogen) atoms. The fourth-order valence-electron chi connectivity index (χ4n) is 0.436. The van der Waals surface area contributed by atoms with Gasteiger partial charge in [0, 0.05) is 12.1 Å². The van der Waals surface area contributed by atoms with Crippen LogP contribution in [0.15, 0.2) is 12.1 Å². The minimum absolute atomic E-state index is 0.0946. The molecule has 4 nitrogen and oxygen atoms in total. The van der Waals surface area contributed by atoms with Crippen LogP contribution < -0.4 is 0 Å². The second-order valence-corrected chi connectivity index (χ2v) is 1.69. The highest BCUT2D eigenvalue weighted by atomic mass is 16.5. The van der Waals surface area contributed by atoms with Crippen LogP contribution in [0.4, 0.5) is 0 Å². The van der Waals surface area contributed by atoms with Gasteiger partial charge in [-0.05, 0) is 13.8 Å². The Hall–Kier alpha value is -1.32. The zero-order chi connectivity index (χ0) is 11.1. The van der Waals surface area contributed by atoms with E-state index >= 15 is 0 Å². The van der Waals surface area contributed by atoms with E-state index < -0.39 is 24.0 Å². The Morgan fingerprint density at radius 1 is 1.17 bits per heavy atom. The molecule has 0 heterocycles. The van der Waals surface area contributed by atoms with E-state index in [0.717, 1.165) is 0 Å². The second-order valence-electron chi connectivity index (χ2n) is 1.69. The summed E-state index contributed by atoms with van der Waals surface area (Å²) in [6.45, 7) is 3.33. The van der Waals surface area contributed by atoms with Crippen LogP contribution in [-0.2, 0) is 19.1 Å². The zero-order valence-electron chi connectivity index (χ0n) is 9.05. The van der Waals surface area contributed by atoms with E-state index in [9.17, 15) is 9.59 Å². The molecule has 0 aliphatic rings. The first-order valence-electron chi connectivity index (χ1n) is 4.56. The molecule has 4 heteroatoms. The summed E-state index contributed by atoms with van der Waals surface area (Å²) in [5.41, 5.74) is 0. The monoisotopic (exact) mass is 174 g/mol. The molecule has 0 aromatic carbocycles. The van der Waals surface area contributed by atoms with Crippen molar-refractivity contribution in [2.45, 2.75) is 13.8 Å². The van der Waals surface area contributed by atoms with E-state index in [1.54, 1.807) is 13.8 Å². The van der Waals surface area contributed by atoms with Gasteiger partial charge in [0.1, 0.15) is 0 Å². The molecule has 0 unspecified atom stereocenters. The normalized spacial score (nSPS) is 13.8. The van der Waals surface area contributed by atoms with E-state index in [-0.39, 0.29) is 13.2 Å². The molecular weight excluding hydrogens is 160 g/mol. The summed E-state index contributed by atoms with van der Waals surface area (Å²) in [5, 5.41) is 0. The molecule has 0 bridgehead atoms. The van der Waals surface area contributed by atoms with Crippen molar-refractivity contribution < 1.29 is 21.8 Å². The van der Waals surface area contributed by atoms with Gasteiger partial charge >= 0.3 is 11.9 Å². The molecule has 0 aliphatic heterocycles. The fraction of sp³-hybridized carbons (Fsp3) is 0.500. The van der Waals surface area contributed by atoms with Gasteiger partial charge in [0.2, 0.25) is 0 Å². The number of ether oxygens (including phenoxy) is 2. The van der Waals surface area contributed by atoms with Gasteiger partial charge in [0.15, 0.2) is 0 Å². The predicted octanol–water partition coefficient (Wildman–Crippen LogP) is 0.669. The van der Waals surface area contributed by atoms with Crippen LogP contribution in [0.5, 0.6) is 0 Å². The summed E-state index contributed by atoms with van der Waals surface area (Å²) >= 11 is 0. The standard InChI is InChI=1S/C8H12O4/c1-3-11-7(9)5-6-8(10)12-4-2/h5-6H,3-4H2,1-2H3/b6-5+/i5D,6D. The third kappa shape index (κ3) is 5.46. The minimum Gasteiger partial charge on any atom is -0.463 e. The number of esters is 2. The molecule has 0 radical (unpaired) electrons. The van der Waals surface area contributed by atoms with Crippen molar-refractivity contribution in [2.24, 2.45) is 0 Å². The molecule has 0 aliphatic carbocycles. The number of carbonyl (C=O) groups excluding carboxylic acids is 2. The van der Waals surface area contributed by atoms with Crippen LogP contribution in [0, 0.1) is 0 Å². The predicted molar refractivity (Wildman–Crippen MR) is 42.4 cm³/mol. The van der Waals surface area contributed by atoms with Crippen LogP contribution in [-0.4, -0.2) is 25.2 Å². The first-order chi connectivity index (χ1) is 6.54. The lowest BCUT2D eigenvalue weighted by molar-refractivity contribution is -0.140. The molecule has 0 rings (SSSR count). The van der Waals surface area contributed by atoms with Gasteiger partial charge in [-0.3, -0.25) is 0 Å². The third-order valence-corrected chi connectivity index (χ3v) is 0.817. The zero-order valence-corrected chi connectivity index (χ0v) is 7.05. The molecular formula is C8H12O4. The van der Waals surface area contributed by atoms with E-state index in [4.69, 9.17) is 2.74 Å². The lowest BCUT2D eigenvalue weighted by Crippen LogP contribution is -2.03. The van der Waals surface area contributed by atoms with Crippen molar-refractivity contribution in [3.63, 3.8) is 0 Å². The molecule has 0 aromatic heterocycles. The Kier molecular flexibility index (Phi) is 3.91. The smallest absolute Gasteiger partial charge is 0.330 e. The Morgan fingerprint density at radius 2 is 1.50 bits per heavy atom. The van der Waals surface area contributed by atoms with Crippen LogP contribution >= 0.6 is 0 Å². The molecule has 0 fully saturated rings. The maximum Gasteiger partial charge on any atom is 0.330 e. The highest BCUT2D eigenvalue weighted by molar-refractivity contribution is 5.91. The number of hydrogen-bond acceptors (Lipinski definition) is 4. The van der Waals surface area contributed by atoms with Gasteiger partial charge in [0.25, 0.3) is 0 Å². The van der Waals surface area contributed by atoms with Gasteiger partial charge in [-0.1, -0.05) is 0 Å². The summed E-state index contributed by atoms with van der Waals surface area (Å²) in [6.07, 6.45) is 0. The number of carbonyl (C=O) groups is 2. The van der Waals surface area contributed by atoms with Gasteiger partial charge in [-0.2, -0.15) is 0 Å². The quantitative estimate of drug-likeness (QED) is 0.464. The van der Waals surface area contributed by atoms with Gasteiger partial charge in [-0.25, -0.2) is 9.59 Å². The SMILES string of the molecule is [2H]/C(C(=O)OCC)=C(/[2H])C(=O)OCC. The maximum absolute atomic E-state index is 10.9. The van der Waals surface area contributed by atoms with Crippen molar-refractivity contribution in [3.05, 3.63) is 12.1 Å². The van der Waals surface area contributed by atoms with E-state index in [2.05, 4.69) is 9.47 Å². The van der Waals surface area contributed by atoms with Crippen molar-refractivity contribution in [3.8, 4) is 0 Å². The summed E-state index contributed by atoms with van der Waals surface area (Å²) < 4.78 is 23.1. The summed E-state index contributed by atoms with van der Waals surface area (Å²) in [7, 11) is 0. The van der Waals surface area contributed by atoms with Crippen molar-refractivity contribution in [1.29, 1.82) is 0 Å². The van der Waals surface area contributed by atoms with Gasteiger partial charge in [-0.15, -0.1) is 0 Å². The van der Waals surface area contributed by atoms with Crippen molar-refractivity contribution in [1.82, 2.24) is 0 Å². The average Bonchev–Trinajstić information content (AvgIpc) is 2.16. The highest BCUT2D eigenvalue weighted by Crippen LogP contribution is 1.84. The third-order valence-electron chi connectivity index (χ3n) is 0.817. The molecule has 0 N–H and O–H groups in total. The average molecular weight is 174 g/mol. The largest absolute Gasteiger partial charge is 0.463 e. The van der Waals surface area contributed by atoms with E-state index in [0.29, 0.717) is 0 Å². The minimum atomic E-state index is -0.995. The van der Waals surface area contributed by atoms with E-state index in [1.807, 2.05) is 0 Å². The van der Waals surface area contributed by atoms with E-state index in [1.165, 1.54) is 0 Å². The molecule has 0 atom stereocenters. The topological polar surface area (TPSA) is 52.6 Å². The molecule has 0 spiro atoms. The number of hydrogen-bond donors (Lipinski definition) is 0. The second kappa shape index (κ2) is 6.39.